The van der Waals surface area contributed by atoms with E-state index in [4.69, 9.17) is 0 Å². The van der Waals surface area contributed by atoms with Gasteiger partial charge in [-0.2, -0.15) is 5.10 Å². The molecule has 0 saturated carbocycles. The third-order valence-corrected chi connectivity index (χ3v) is 2.79. The molecule has 0 aromatic carbocycles. The van der Waals surface area contributed by atoms with Crippen molar-refractivity contribution in [2.24, 2.45) is 0 Å². The SMILES string of the molecule is C1=CC(c2[nH]ncc2-c2cncnc2)=CCC1. The molecule has 84 valence electrons. The number of allylic oxidation sites excluding steroid dienone is 4. The number of aromatic amines is 1. The van der Waals surface area contributed by atoms with Crippen LogP contribution >= 0.6 is 0 Å². The van der Waals surface area contributed by atoms with Crippen molar-refractivity contribution in [2.45, 2.75) is 12.8 Å². The van der Waals surface area contributed by atoms with Crippen molar-refractivity contribution < 1.29 is 0 Å². The summed E-state index contributed by atoms with van der Waals surface area (Å²) >= 11 is 0. The van der Waals surface area contributed by atoms with Crippen LogP contribution in [0.25, 0.3) is 16.7 Å². The Morgan fingerprint density at radius 2 is 1.94 bits per heavy atom. The highest BCUT2D eigenvalue weighted by atomic mass is 15.1. The molecule has 0 spiro atoms. The lowest BCUT2D eigenvalue weighted by atomic mass is 9.99. The second-order valence-corrected chi connectivity index (χ2v) is 3.93. The summed E-state index contributed by atoms with van der Waals surface area (Å²) in [7, 11) is 0. The average Bonchev–Trinajstić information content (AvgIpc) is 2.90. The lowest BCUT2D eigenvalue weighted by Gasteiger charge is -2.07. The van der Waals surface area contributed by atoms with Crippen LogP contribution in [0.15, 0.2) is 43.1 Å². The largest absolute Gasteiger partial charge is 0.277 e. The van der Waals surface area contributed by atoms with Gasteiger partial charge in [0.25, 0.3) is 0 Å². The molecule has 0 unspecified atom stereocenters. The van der Waals surface area contributed by atoms with Crippen molar-refractivity contribution >= 4 is 5.57 Å². The molecule has 0 bridgehead atoms. The van der Waals surface area contributed by atoms with Crippen molar-refractivity contribution in [1.82, 2.24) is 20.2 Å². The highest BCUT2D eigenvalue weighted by Gasteiger charge is 2.11. The Kier molecular flexibility index (Phi) is 2.54. The first-order chi connectivity index (χ1) is 8.45. The number of nitrogens with zero attached hydrogens (tertiary/aromatic N) is 3. The van der Waals surface area contributed by atoms with E-state index in [0.29, 0.717) is 0 Å². The third kappa shape index (κ3) is 1.89. The van der Waals surface area contributed by atoms with E-state index in [2.05, 4.69) is 38.4 Å². The maximum absolute atomic E-state index is 4.12. The molecule has 3 rings (SSSR count). The van der Waals surface area contributed by atoms with Crippen LogP contribution in [-0.2, 0) is 0 Å². The fraction of sp³-hybridized carbons (Fsp3) is 0.154. The molecule has 0 aliphatic heterocycles. The summed E-state index contributed by atoms with van der Waals surface area (Å²) < 4.78 is 0. The maximum Gasteiger partial charge on any atom is 0.115 e. The van der Waals surface area contributed by atoms with Gasteiger partial charge in [0.2, 0.25) is 0 Å². The van der Waals surface area contributed by atoms with E-state index < -0.39 is 0 Å². The molecule has 1 N–H and O–H groups in total. The summed E-state index contributed by atoms with van der Waals surface area (Å²) in [5, 5.41) is 7.17. The van der Waals surface area contributed by atoms with Gasteiger partial charge in [0.05, 0.1) is 11.9 Å². The number of hydrogen-bond donors (Lipinski definition) is 1. The van der Waals surface area contributed by atoms with Crippen LogP contribution in [0.2, 0.25) is 0 Å². The number of nitrogens with one attached hydrogen (secondary N) is 1. The van der Waals surface area contributed by atoms with Gasteiger partial charge >= 0.3 is 0 Å². The van der Waals surface area contributed by atoms with Gasteiger partial charge in [-0.3, -0.25) is 5.10 Å². The fourth-order valence-corrected chi connectivity index (χ4v) is 1.96. The van der Waals surface area contributed by atoms with Crippen LogP contribution in [-0.4, -0.2) is 20.2 Å². The van der Waals surface area contributed by atoms with Crippen molar-refractivity contribution in [3.8, 4) is 11.1 Å². The first-order valence-electron chi connectivity index (χ1n) is 5.61. The third-order valence-electron chi connectivity index (χ3n) is 2.79. The smallest absolute Gasteiger partial charge is 0.115 e. The summed E-state index contributed by atoms with van der Waals surface area (Å²) in [4.78, 5) is 8.07. The molecule has 17 heavy (non-hydrogen) atoms. The molecular formula is C13H12N4. The number of aromatic nitrogens is 4. The lowest BCUT2D eigenvalue weighted by molar-refractivity contribution is 1.03. The van der Waals surface area contributed by atoms with Gasteiger partial charge < -0.3 is 0 Å². The van der Waals surface area contributed by atoms with Gasteiger partial charge in [0.1, 0.15) is 6.33 Å². The molecule has 0 saturated heterocycles. The Morgan fingerprint density at radius 1 is 1.06 bits per heavy atom. The van der Waals surface area contributed by atoms with Crippen molar-refractivity contribution in [3.05, 3.63) is 48.8 Å². The van der Waals surface area contributed by atoms with Crippen LogP contribution in [0, 0.1) is 0 Å². The van der Waals surface area contributed by atoms with E-state index in [9.17, 15) is 0 Å². The van der Waals surface area contributed by atoms with Crippen LogP contribution in [0.3, 0.4) is 0 Å². The zero-order valence-electron chi connectivity index (χ0n) is 9.30. The predicted octanol–water partition coefficient (Wildman–Crippen LogP) is 2.60. The van der Waals surface area contributed by atoms with E-state index >= 15 is 0 Å². The first-order valence-corrected chi connectivity index (χ1v) is 5.61. The molecule has 2 heterocycles. The Hall–Kier alpha value is -2.23. The summed E-state index contributed by atoms with van der Waals surface area (Å²) in [5.41, 5.74) is 4.25. The highest BCUT2D eigenvalue weighted by molar-refractivity contribution is 5.83. The van der Waals surface area contributed by atoms with Crippen molar-refractivity contribution in [3.63, 3.8) is 0 Å². The summed E-state index contributed by atoms with van der Waals surface area (Å²) in [6, 6.07) is 0. The topological polar surface area (TPSA) is 54.5 Å². The average molecular weight is 224 g/mol. The molecule has 0 amide bonds. The van der Waals surface area contributed by atoms with E-state index in [-0.39, 0.29) is 0 Å². The van der Waals surface area contributed by atoms with Gasteiger partial charge in [0, 0.05) is 23.5 Å². The van der Waals surface area contributed by atoms with Gasteiger partial charge in [0.15, 0.2) is 0 Å². The van der Waals surface area contributed by atoms with Crippen molar-refractivity contribution in [2.75, 3.05) is 0 Å². The van der Waals surface area contributed by atoms with E-state index in [1.54, 1.807) is 12.4 Å². The lowest BCUT2D eigenvalue weighted by Crippen LogP contribution is -1.90. The Balaban J connectivity index is 2.06. The Labute approximate surface area is 99.1 Å². The van der Waals surface area contributed by atoms with Gasteiger partial charge in [-0.15, -0.1) is 0 Å². The monoisotopic (exact) mass is 224 g/mol. The highest BCUT2D eigenvalue weighted by Crippen LogP contribution is 2.28. The molecular weight excluding hydrogens is 212 g/mol. The molecule has 4 heteroatoms. The molecule has 2 aromatic rings. The van der Waals surface area contributed by atoms with Crippen LogP contribution in [0.5, 0.6) is 0 Å². The normalized spacial score (nSPS) is 14.7. The van der Waals surface area contributed by atoms with Crippen LogP contribution in [0.1, 0.15) is 18.5 Å². The standard InChI is InChI=1S/C13H12N4/c1-2-4-10(5-3-1)13-12(8-16-17-13)11-6-14-9-15-7-11/h2,4-9H,1,3H2,(H,16,17). The van der Waals surface area contributed by atoms with Gasteiger partial charge in [-0.25, -0.2) is 9.97 Å². The Morgan fingerprint density at radius 3 is 2.71 bits per heavy atom. The first kappa shape index (κ1) is 9.96. The van der Waals surface area contributed by atoms with Crippen LogP contribution < -0.4 is 0 Å². The minimum Gasteiger partial charge on any atom is -0.277 e. The predicted molar refractivity (Wildman–Crippen MR) is 66.0 cm³/mol. The van der Waals surface area contributed by atoms with E-state index in [1.165, 1.54) is 11.9 Å². The maximum atomic E-state index is 4.12. The number of rotatable bonds is 2. The summed E-state index contributed by atoms with van der Waals surface area (Å²) in [6.07, 6.45) is 15.7. The van der Waals surface area contributed by atoms with Crippen molar-refractivity contribution in [1.29, 1.82) is 0 Å². The number of H-pyrrole nitrogens is 1. The molecule has 0 fully saturated rings. The number of hydrogen-bond acceptors (Lipinski definition) is 3. The zero-order valence-corrected chi connectivity index (χ0v) is 9.30. The van der Waals surface area contributed by atoms with E-state index in [0.717, 1.165) is 29.7 Å². The Bertz CT molecular complexity index is 566. The van der Waals surface area contributed by atoms with Gasteiger partial charge in [-0.05, 0) is 18.4 Å². The summed E-state index contributed by atoms with van der Waals surface area (Å²) in [6.45, 7) is 0. The van der Waals surface area contributed by atoms with E-state index in [1.807, 2.05) is 6.20 Å². The second kappa shape index (κ2) is 4.33. The molecule has 1 aliphatic carbocycles. The molecule has 0 atom stereocenters. The molecule has 2 aromatic heterocycles. The quantitative estimate of drug-likeness (QED) is 0.853. The molecule has 0 radical (unpaired) electrons. The second-order valence-electron chi connectivity index (χ2n) is 3.93. The van der Waals surface area contributed by atoms with Crippen LogP contribution in [0.4, 0.5) is 0 Å². The fourth-order valence-electron chi connectivity index (χ4n) is 1.96. The minimum atomic E-state index is 0.983. The minimum absolute atomic E-state index is 0.983. The summed E-state index contributed by atoms with van der Waals surface area (Å²) in [5.74, 6) is 0. The molecule has 1 aliphatic rings. The molecule has 4 nitrogen and oxygen atoms in total. The zero-order chi connectivity index (χ0) is 11.5. The van der Waals surface area contributed by atoms with Gasteiger partial charge in [-0.1, -0.05) is 18.2 Å².